The lowest BCUT2D eigenvalue weighted by Crippen LogP contribution is -2.16. The highest BCUT2D eigenvalue weighted by atomic mass is 32.1. The summed E-state index contributed by atoms with van der Waals surface area (Å²) in [6, 6.07) is 47.4. The number of rotatable bonds is 3. The first-order valence-electron chi connectivity index (χ1n) is 15.5. The molecule has 0 N–H and O–H groups in total. The fourth-order valence-electron chi connectivity index (χ4n) is 8.04. The van der Waals surface area contributed by atoms with Crippen molar-refractivity contribution in [2.75, 3.05) is 4.90 Å². The van der Waals surface area contributed by atoms with Crippen molar-refractivity contribution in [3.63, 3.8) is 0 Å². The lowest BCUT2D eigenvalue weighted by Gasteiger charge is -2.28. The average Bonchev–Trinajstić information content (AvgIpc) is 3.62. The summed E-state index contributed by atoms with van der Waals surface area (Å²) in [5.74, 6) is 0. The Labute approximate surface area is 263 Å². The number of para-hydroxylation sites is 1. The maximum Gasteiger partial charge on any atom is 0.0640 e. The molecule has 0 amide bonds. The zero-order chi connectivity index (χ0) is 29.8. The first kappa shape index (κ1) is 25.8. The molecule has 0 bridgehead atoms. The second kappa shape index (κ2) is 8.94. The van der Waals surface area contributed by atoms with Crippen LogP contribution in [-0.2, 0) is 10.8 Å². The van der Waals surface area contributed by atoms with E-state index in [-0.39, 0.29) is 10.8 Å². The van der Waals surface area contributed by atoms with E-state index in [2.05, 4.69) is 160 Å². The van der Waals surface area contributed by atoms with Crippen molar-refractivity contribution in [1.82, 2.24) is 0 Å². The summed E-state index contributed by atoms with van der Waals surface area (Å²) in [4.78, 5) is 2.47. The molecule has 212 valence electrons. The van der Waals surface area contributed by atoms with Crippen LogP contribution in [0.4, 0.5) is 17.1 Å². The Bertz CT molecular complexity index is 2290. The van der Waals surface area contributed by atoms with Gasteiger partial charge in [-0.15, -0.1) is 11.3 Å². The van der Waals surface area contributed by atoms with Crippen LogP contribution in [0.2, 0.25) is 0 Å². The van der Waals surface area contributed by atoms with Gasteiger partial charge in [-0.05, 0) is 69.3 Å². The molecule has 0 saturated heterocycles. The van der Waals surface area contributed by atoms with E-state index in [1.165, 1.54) is 81.7 Å². The molecule has 2 heteroatoms. The van der Waals surface area contributed by atoms with Gasteiger partial charge in [0.25, 0.3) is 0 Å². The summed E-state index contributed by atoms with van der Waals surface area (Å²) in [5.41, 5.74) is 14.7. The van der Waals surface area contributed by atoms with Crippen molar-refractivity contribution in [2.45, 2.75) is 38.5 Å². The third kappa shape index (κ3) is 3.35. The van der Waals surface area contributed by atoms with Crippen molar-refractivity contribution in [3.8, 4) is 22.3 Å². The smallest absolute Gasteiger partial charge is 0.0640 e. The zero-order valence-electron chi connectivity index (χ0n) is 25.5. The van der Waals surface area contributed by atoms with Crippen molar-refractivity contribution >= 4 is 48.6 Å². The van der Waals surface area contributed by atoms with Crippen LogP contribution in [0.25, 0.3) is 42.4 Å². The summed E-state index contributed by atoms with van der Waals surface area (Å²) in [6.07, 6.45) is 0. The van der Waals surface area contributed by atoms with Gasteiger partial charge in [0.15, 0.2) is 0 Å². The number of fused-ring (bicyclic) bond motifs is 10. The van der Waals surface area contributed by atoms with Gasteiger partial charge in [-0.1, -0.05) is 125 Å². The van der Waals surface area contributed by atoms with Crippen molar-refractivity contribution in [2.24, 2.45) is 0 Å². The van der Waals surface area contributed by atoms with Crippen LogP contribution >= 0.6 is 11.3 Å². The van der Waals surface area contributed by atoms with Gasteiger partial charge in [0, 0.05) is 43.2 Å². The molecule has 7 aromatic rings. The van der Waals surface area contributed by atoms with Crippen LogP contribution in [0.15, 0.2) is 127 Å². The first-order valence-corrected chi connectivity index (χ1v) is 16.4. The van der Waals surface area contributed by atoms with E-state index in [4.69, 9.17) is 0 Å². The summed E-state index contributed by atoms with van der Waals surface area (Å²) < 4.78 is 2.71. The molecule has 0 spiro atoms. The predicted molar refractivity (Wildman–Crippen MR) is 189 cm³/mol. The third-order valence-corrected chi connectivity index (χ3v) is 11.5. The number of benzene rings is 6. The molecule has 44 heavy (non-hydrogen) atoms. The molecule has 0 saturated carbocycles. The number of nitrogens with zero attached hydrogens (tertiary/aromatic N) is 1. The lowest BCUT2D eigenvalue weighted by atomic mass is 9.82. The fraction of sp³-hybridized carbons (Fsp3) is 0.143. The van der Waals surface area contributed by atoms with Crippen LogP contribution in [0.5, 0.6) is 0 Å². The second-order valence-electron chi connectivity index (χ2n) is 13.4. The Morgan fingerprint density at radius 3 is 1.89 bits per heavy atom. The standard InChI is InChI=1S/C42H33NS/c1-41(2)34-19-11-9-16-32(34)38-35(41)24-23-31-30-17-12-20-37(39(30)44-40(31)38)43(26-13-6-5-7-14-26)27-21-22-29-28-15-8-10-18-33(28)42(3,4)36(29)25-27/h5-25H,1-4H3. The minimum absolute atomic E-state index is 0.00993. The van der Waals surface area contributed by atoms with E-state index in [9.17, 15) is 0 Å². The lowest BCUT2D eigenvalue weighted by molar-refractivity contribution is 0.660. The van der Waals surface area contributed by atoms with E-state index < -0.39 is 0 Å². The molecule has 0 fully saturated rings. The quantitative estimate of drug-likeness (QED) is 0.200. The van der Waals surface area contributed by atoms with Crippen LogP contribution < -0.4 is 4.90 Å². The summed E-state index contributed by atoms with van der Waals surface area (Å²) in [6.45, 7) is 9.46. The van der Waals surface area contributed by atoms with Gasteiger partial charge < -0.3 is 4.90 Å². The topological polar surface area (TPSA) is 3.24 Å². The Hall–Kier alpha value is -4.66. The normalized spacial score (nSPS) is 15.2. The van der Waals surface area contributed by atoms with Crippen molar-refractivity contribution < 1.29 is 0 Å². The van der Waals surface area contributed by atoms with Gasteiger partial charge >= 0.3 is 0 Å². The number of thiophene rings is 1. The molecular formula is C42H33NS. The van der Waals surface area contributed by atoms with Crippen LogP contribution in [0.3, 0.4) is 0 Å². The Kier molecular flexibility index (Phi) is 5.24. The first-order chi connectivity index (χ1) is 21.4. The Morgan fingerprint density at radius 2 is 1.09 bits per heavy atom. The molecule has 2 aliphatic rings. The molecule has 2 aliphatic carbocycles. The molecule has 1 nitrogen and oxygen atoms in total. The van der Waals surface area contributed by atoms with E-state index in [1.54, 1.807) is 0 Å². The fourth-order valence-corrected chi connectivity index (χ4v) is 9.40. The highest BCUT2D eigenvalue weighted by molar-refractivity contribution is 7.27. The monoisotopic (exact) mass is 583 g/mol. The largest absolute Gasteiger partial charge is 0.309 e. The van der Waals surface area contributed by atoms with E-state index in [0.717, 1.165) is 0 Å². The van der Waals surface area contributed by atoms with E-state index in [0.29, 0.717) is 0 Å². The van der Waals surface area contributed by atoms with Crippen LogP contribution in [-0.4, -0.2) is 0 Å². The maximum absolute atomic E-state index is 2.47. The Morgan fingerprint density at radius 1 is 0.455 bits per heavy atom. The van der Waals surface area contributed by atoms with Gasteiger partial charge in [0.1, 0.15) is 0 Å². The summed E-state index contributed by atoms with van der Waals surface area (Å²) in [7, 11) is 0. The van der Waals surface area contributed by atoms with Gasteiger partial charge in [0.2, 0.25) is 0 Å². The van der Waals surface area contributed by atoms with Gasteiger partial charge in [-0.3, -0.25) is 0 Å². The van der Waals surface area contributed by atoms with E-state index in [1.807, 2.05) is 11.3 Å². The molecular weight excluding hydrogens is 551 g/mol. The summed E-state index contributed by atoms with van der Waals surface area (Å²) >= 11 is 1.95. The van der Waals surface area contributed by atoms with Crippen molar-refractivity contribution in [3.05, 3.63) is 150 Å². The molecule has 0 unspecified atom stereocenters. The second-order valence-corrected chi connectivity index (χ2v) is 14.4. The Balaban J connectivity index is 1.30. The summed E-state index contributed by atoms with van der Waals surface area (Å²) in [5, 5.41) is 2.67. The number of hydrogen-bond acceptors (Lipinski definition) is 2. The molecule has 9 rings (SSSR count). The molecule has 1 aromatic heterocycles. The SMILES string of the molecule is CC1(C)c2ccccc2-c2ccc(N(c3ccccc3)c3cccc4c3sc3c5c(ccc34)C(C)(C)c3ccccc3-5)cc21. The number of hydrogen-bond donors (Lipinski definition) is 0. The predicted octanol–water partition coefficient (Wildman–Crippen LogP) is 12.1. The maximum atomic E-state index is 2.47. The van der Waals surface area contributed by atoms with Gasteiger partial charge in [0.05, 0.1) is 10.4 Å². The molecule has 0 radical (unpaired) electrons. The van der Waals surface area contributed by atoms with Gasteiger partial charge in [-0.25, -0.2) is 0 Å². The van der Waals surface area contributed by atoms with Crippen LogP contribution in [0, 0.1) is 0 Å². The average molecular weight is 584 g/mol. The molecule has 0 aliphatic heterocycles. The zero-order valence-corrected chi connectivity index (χ0v) is 26.3. The molecule has 1 heterocycles. The minimum atomic E-state index is -0.0608. The highest BCUT2D eigenvalue weighted by Gasteiger charge is 2.38. The van der Waals surface area contributed by atoms with E-state index >= 15 is 0 Å². The minimum Gasteiger partial charge on any atom is -0.309 e. The van der Waals surface area contributed by atoms with Crippen molar-refractivity contribution in [1.29, 1.82) is 0 Å². The van der Waals surface area contributed by atoms with Crippen LogP contribution in [0.1, 0.15) is 49.9 Å². The number of anilines is 3. The van der Waals surface area contributed by atoms with Gasteiger partial charge in [-0.2, -0.15) is 0 Å². The third-order valence-electron chi connectivity index (χ3n) is 10.3. The highest BCUT2D eigenvalue weighted by Crippen LogP contribution is 2.56. The molecule has 6 aromatic carbocycles. The molecule has 0 atom stereocenters.